The molecule has 0 aliphatic carbocycles. The molecule has 18 heavy (non-hydrogen) atoms. The Hall–Kier alpha value is -2.36. The number of nitrogens with zero attached hydrogens (tertiary/aromatic N) is 1. The highest BCUT2D eigenvalue weighted by molar-refractivity contribution is 5.94. The van der Waals surface area contributed by atoms with E-state index in [0.29, 0.717) is 12.1 Å². The van der Waals surface area contributed by atoms with Crippen LogP contribution < -0.4 is 5.32 Å². The van der Waals surface area contributed by atoms with Gasteiger partial charge >= 0.3 is 0 Å². The number of aromatic nitrogens is 1. The van der Waals surface area contributed by atoms with Crippen molar-refractivity contribution in [1.82, 2.24) is 10.3 Å². The number of pyridine rings is 1. The average Bonchev–Trinajstić information content (AvgIpc) is 2.37. The number of nitrogens with one attached hydrogen (secondary N) is 1. The molecular weight excluding hydrogens is 228 g/mol. The number of aryl methyl sites for hydroxylation is 1. The Kier molecular flexibility index (Phi) is 3.57. The van der Waals surface area contributed by atoms with Crippen LogP contribution in [0.25, 0.3) is 0 Å². The Morgan fingerprint density at radius 1 is 1.39 bits per heavy atom. The minimum absolute atomic E-state index is 0.0859. The van der Waals surface area contributed by atoms with Gasteiger partial charge in [0.05, 0.1) is 0 Å². The summed E-state index contributed by atoms with van der Waals surface area (Å²) in [4.78, 5) is 15.8. The zero-order chi connectivity index (χ0) is 13.0. The number of aromatic hydroxyl groups is 1. The summed E-state index contributed by atoms with van der Waals surface area (Å²) < 4.78 is 0. The molecule has 4 heteroatoms. The highest BCUT2D eigenvalue weighted by atomic mass is 16.3. The smallest absolute Gasteiger partial charge is 0.251 e. The lowest BCUT2D eigenvalue weighted by Gasteiger charge is -2.07. The maximum Gasteiger partial charge on any atom is 0.251 e. The van der Waals surface area contributed by atoms with Crippen LogP contribution in [0.3, 0.4) is 0 Å². The fourth-order valence-corrected chi connectivity index (χ4v) is 1.63. The van der Waals surface area contributed by atoms with E-state index < -0.39 is 0 Å². The maximum absolute atomic E-state index is 11.8. The van der Waals surface area contributed by atoms with Crippen molar-refractivity contribution in [2.75, 3.05) is 0 Å². The molecule has 0 atom stereocenters. The topological polar surface area (TPSA) is 62.2 Å². The summed E-state index contributed by atoms with van der Waals surface area (Å²) in [5, 5.41) is 12.1. The van der Waals surface area contributed by atoms with Crippen molar-refractivity contribution in [3.63, 3.8) is 0 Å². The lowest BCUT2D eigenvalue weighted by molar-refractivity contribution is 0.0950. The molecule has 0 unspecified atom stereocenters. The quantitative estimate of drug-likeness (QED) is 0.865. The van der Waals surface area contributed by atoms with Crippen LogP contribution in [0.1, 0.15) is 21.5 Å². The van der Waals surface area contributed by atoms with Gasteiger partial charge in [0.25, 0.3) is 5.91 Å². The minimum atomic E-state index is -0.206. The molecule has 0 saturated carbocycles. The van der Waals surface area contributed by atoms with Crippen LogP contribution in [0.4, 0.5) is 0 Å². The van der Waals surface area contributed by atoms with Gasteiger partial charge in [0, 0.05) is 24.5 Å². The van der Waals surface area contributed by atoms with Crippen LogP contribution in [0.5, 0.6) is 5.75 Å². The average molecular weight is 242 g/mol. The van der Waals surface area contributed by atoms with Gasteiger partial charge in [-0.15, -0.1) is 0 Å². The van der Waals surface area contributed by atoms with Gasteiger partial charge < -0.3 is 10.4 Å². The fraction of sp³-hybridized carbons (Fsp3) is 0.143. The number of benzene rings is 1. The van der Waals surface area contributed by atoms with Gasteiger partial charge in [-0.05, 0) is 42.3 Å². The number of phenolic OH excluding ortho intramolecular Hbond substituents is 1. The molecule has 1 amide bonds. The normalized spacial score (nSPS) is 10.1. The zero-order valence-electron chi connectivity index (χ0n) is 10.1. The Morgan fingerprint density at radius 2 is 2.22 bits per heavy atom. The predicted octanol–water partition coefficient (Wildman–Crippen LogP) is 2.03. The van der Waals surface area contributed by atoms with Crippen LogP contribution in [0, 0.1) is 6.92 Å². The monoisotopic (exact) mass is 242 g/mol. The van der Waals surface area contributed by atoms with E-state index in [-0.39, 0.29) is 11.7 Å². The fourth-order valence-electron chi connectivity index (χ4n) is 1.63. The molecule has 1 aromatic carbocycles. The van der Waals surface area contributed by atoms with Crippen molar-refractivity contribution in [3.8, 4) is 5.75 Å². The molecular formula is C14H14N2O2. The summed E-state index contributed by atoms with van der Waals surface area (Å²) in [6.07, 6.45) is 3.46. The molecule has 92 valence electrons. The molecule has 2 N–H and O–H groups in total. The minimum Gasteiger partial charge on any atom is -0.508 e. The first-order valence-corrected chi connectivity index (χ1v) is 5.63. The van der Waals surface area contributed by atoms with E-state index >= 15 is 0 Å². The van der Waals surface area contributed by atoms with Crippen LogP contribution >= 0.6 is 0 Å². The molecule has 1 heterocycles. The third kappa shape index (κ3) is 2.85. The third-order valence-corrected chi connectivity index (χ3v) is 2.68. The number of carbonyl (C=O) groups excluding carboxylic acids is 1. The standard InChI is InChI=1S/C14H14N2O2/c1-10-8-15-6-5-12(10)9-16-14(18)11-3-2-4-13(17)7-11/h2-8,17H,9H2,1H3,(H,16,18). The van der Waals surface area contributed by atoms with E-state index in [4.69, 9.17) is 0 Å². The molecule has 0 bridgehead atoms. The summed E-state index contributed by atoms with van der Waals surface area (Å²) in [5.41, 5.74) is 2.51. The van der Waals surface area contributed by atoms with Gasteiger partial charge in [-0.3, -0.25) is 9.78 Å². The van der Waals surface area contributed by atoms with Crippen molar-refractivity contribution in [3.05, 3.63) is 59.4 Å². The van der Waals surface area contributed by atoms with Crippen molar-refractivity contribution in [2.45, 2.75) is 13.5 Å². The SMILES string of the molecule is Cc1cnccc1CNC(=O)c1cccc(O)c1. The Labute approximate surface area is 105 Å². The highest BCUT2D eigenvalue weighted by Gasteiger charge is 2.06. The first-order chi connectivity index (χ1) is 8.66. The summed E-state index contributed by atoms with van der Waals surface area (Å²) >= 11 is 0. The third-order valence-electron chi connectivity index (χ3n) is 2.68. The van der Waals surface area contributed by atoms with E-state index in [1.54, 1.807) is 24.5 Å². The number of carbonyl (C=O) groups is 1. The van der Waals surface area contributed by atoms with E-state index in [0.717, 1.165) is 11.1 Å². The summed E-state index contributed by atoms with van der Waals surface area (Å²) in [6, 6.07) is 8.15. The highest BCUT2D eigenvalue weighted by Crippen LogP contribution is 2.11. The summed E-state index contributed by atoms with van der Waals surface area (Å²) in [7, 11) is 0. The second kappa shape index (κ2) is 5.31. The molecule has 0 aliphatic heterocycles. The number of rotatable bonds is 3. The van der Waals surface area contributed by atoms with Crippen LogP contribution in [-0.2, 0) is 6.54 Å². The molecule has 1 aromatic heterocycles. The van der Waals surface area contributed by atoms with Crippen molar-refractivity contribution in [2.24, 2.45) is 0 Å². The summed E-state index contributed by atoms with van der Waals surface area (Å²) in [6.45, 7) is 2.39. The summed E-state index contributed by atoms with van der Waals surface area (Å²) in [5.74, 6) is -0.121. The van der Waals surface area contributed by atoms with E-state index in [1.807, 2.05) is 13.0 Å². The van der Waals surface area contributed by atoms with E-state index in [9.17, 15) is 9.90 Å². The Morgan fingerprint density at radius 3 is 2.94 bits per heavy atom. The second-order valence-electron chi connectivity index (χ2n) is 4.04. The molecule has 0 spiro atoms. The molecule has 4 nitrogen and oxygen atoms in total. The van der Waals surface area contributed by atoms with Gasteiger partial charge in [-0.2, -0.15) is 0 Å². The van der Waals surface area contributed by atoms with Gasteiger partial charge in [0.1, 0.15) is 5.75 Å². The van der Waals surface area contributed by atoms with Crippen LogP contribution in [0.15, 0.2) is 42.7 Å². The lowest BCUT2D eigenvalue weighted by Crippen LogP contribution is -2.23. The van der Waals surface area contributed by atoms with E-state index in [1.165, 1.54) is 12.1 Å². The molecule has 0 aliphatic rings. The number of hydrogen-bond acceptors (Lipinski definition) is 3. The first kappa shape index (κ1) is 12.1. The van der Waals surface area contributed by atoms with E-state index in [2.05, 4.69) is 10.3 Å². The molecule has 0 radical (unpaired) electrons. The van der Waals surface area contributed by atoms with Gasteiger partial charge in [-0.25, -0.2) is 0 Å². The van der Waals surface area contributed by atoms with Crippen LogP contribution in [0.2, 0.25) is 0 Å². The molecule has 2 aromatic rings. The lowest BCUT2D eigenvalue weighted by atomic mass is 10.1. The Balaban J connectivity index is 2.03. The number of amides is 1. The zero-order valence-corrected chi connectivity index (χ0v) is 10.1. The molecule has 0 fully saturated rings. The first-order valence-electron chi connectivity index (χ1n) is 5.63. The largest absolute Gasteiger partial charge is 0.508 e. The van der Waals surface area contributed by atoms with Crippen molar-refractivity contribution in [1.29, 1.82) is 0 Å². The maximum atomic E-state index is 11.8. The number of phenols is 1. The van der Waals surface area contributed by atoms with Crippen molar-refractivity contribution >= 4 is 5.91 Å². The van der Waals surface area contributed by atoms with Gasteiger partial charge in [0.2, 0.25) is 0 Å². The van der Waals surface area contributed by atoms with Crippen LogP contribution in [-0.4, -0.2) is 16.0 Å². The number of hydrogen-bond donors (Lipinski definition) is 2. The van der Waals surface area contributed by atoms with Crippen molar-refractivity contribution < 1.29 is 9.90 Å². The predicted molar refractivity (Wildman–Crippen MR) is 68.3 cm³/mol. The van der Waals surface area contributed by atoms with Gasteiger partial charge in [-0.1, -0.05) is 6.07 Å². The second-order valence-corrected chi connectivity index (χ2v) is 4.04. The Bertz CT molecular complexity index is 567. The van der Waals surface area contributed by atoms with Gasteiger partial charge in [0.15, 0.2) is 0 Å². The molecule has 2 rings (SSSR count). The molecule has 0 saturated heterocycles.